The first-order chi connectivity index (χ1) is 5.72. The summed E-state index contributed by atoms with van der Waals surface area (Å²) in [6.07, 6.45) is 3.52. The van der Waals surface area contributed by atoms with E-state index in [0.29, 0.717) is 18.5 Å². The number of aliphatic hydroxyl groups is 1. The van der Waals surface area contributed by atoms with E-state index < -0.39 is 0 Å². The van der Waals surface area contributed by atoms with Crippen LogP contribution in [0, 0.1) is 11.3 Å². The first-order valence-corrected chi connectivity index (χ1v) is 3.83. The Hall–Kier alpha value is -1.34. The molecule has 0 radical (unpaired) electrons. The van der Waals surface area contributed by atoms with Crippen LogP contribution >= 0.6 is 0 Å². The number of rotatable bonds is 3. The van der Waals surface area contributed by atoms with Gasteiger partial charge >= 0.3 is 0 Å². The van der Waals surface area contributed by atoms with E-state index in [1.807, 2.05) is 6.07 Å². The van der Waals surface area contributed by atoms with Crippen molar-refractivity contribution in [2.75, 3.05) is 0 Å². The lowest BCUT2D eigenvalue weighted by Crippen LogP contribution is -2.06. The van der Waals surface area contributed by atoms with Gasteiger partial charge in [0.25, 0.3) is 0 Å². The highest BCUT2D eigenvalue weighted by molar-refractivity contribution is 5.21. The molecule has 12 heavy (non-hydrogen) atoms. The Morgan fingerprint density at radius 3 is 3.08 bits per heavy atom. The second kappa shape index (κ2) is 3.88. The minimum absolute atomic E-state index is 0.320. The molecule has 0 saturated carbocycles. The molecule has 1 heterocycles. The average molecular weight is 165 g/mol. The lowest BCUT2D eigenvalue weighted by molar-refractivity contribution is 0.176. The second-order valence-corrected chi connectivity index (χ2v) is 2.74. The van der Waals surface area contributed by atoms with Gasteiger partial charge in [0.1, 0.15) is 6.07 Å². The highest BCUT2D eigenvalue weighted by Gasteiger charge is 1.99. The van der Waals surface area contributed by atoms with Crippen LogP contribution in [0.4, 0.5) is 0 Å². The summed E-state index contributed by atoms with van der Waals surface area (Å²) in [4.78, 5) is 0. The van der Waals surface area contributed by atoms with Gasteiger partial charge in [-0.05, 0) is 13.3 Å². The summed E-state index contributed by atoms with van der Waals surface area (Å²) in [5.74, 6) is 0. The van der Waals surface area contributed by atoms with E-state index in [1.54, 1.807) is 17.8 Å². The molecule has 0 spiro atoms. The predicted octanol–water partition coefficient (Wildman–Crippen LogP) is 0.526. The van der Waals surface area contributed by atoms with Crippen molar-refractivity contribution in [1.29, 1.82) is 5.26 Å². The van der Waals surface area contributed by atoms with Crippen LogP contribution in [0.3, 0.4) is 0 Å². The maximum Gasteiger partial charge on any atom is 0.102 e. The van der Waals surface area contributed by atoms with Gasteiger partial charge in [-0.1, -0.05) is 0 Å². The first kappa shape index (κ1) is 8.75. The molecule has 0 aliphatic rings. The van der Waals surface area contributed by atoms with E-state index in [2.05, 4.69) is 5.10 Å². The minimum atomic E-state index is -0.320. The molecule has 0 unspecified atom stereocenters. The number of aromatic nitrogens is 2. The zero-order chi connectivity index (χ0) is 8.97. The molecule has 0 aliphatic heterocycles. The third kappa shape index (κ3) is 2.36. The molecule has 4 heteroatoms. The number of hydrogen-bond donors (Lipinski definition) is 1. The molecule has 0 amide bonds. The van der Waals surface area contributed by atoms with Gasteiger partial charge in [0.15, 0.2) is 0 Å². The summed E-state index contributed by atoms with van der Waals surface area (Å²) < 4.78 is 1.66. The average Bonchev–Trinajstić information content (AvgIpc) is 2.48. The van der Waals surface area contributed by atoms with E-state index in [0.717, 1.165) is 0 Å². The molecule has 0 aliphatic carbocycles. The first-order valence-electron chi connectivity index (χ1n) is 3.83. The van der Waals surface area contributed by atoms with Crippen molar-refractivity contribution in [1.82, 2.24) is 9.78 Å². The number of aliphatic hydroxyl groups excluding tert-OH is 1. The van der Waals surface area contributed by atoms with Crippen LogP contribution in [-0.2, 0) is 6.54 Å². The van der Waals surface area contributed by atoms with E-state index in [1.165, 1.54) is 6.20 Å². The topological polar surface area (TPSA) is 61.8 Å². The number of nitriles is 1. The molecule has 1 aromatic heterocycles. The molecule has 64 valence electrons. The molecule has 0 aromatic carbocycles. The van der Waals surface area contributed by atoms with Gasteiger partial charge in [0, 0.05) is 12.7 Å². The summed E-state index contributed by atoms with van der Waals surface area (Å²) >= 11 is 0. The smallest absolute Gasteiger partial charge is 0.102 e. The zero-order valence-electron chi connectivity index (χ0n) is 6.94. The Balaban J connectivity index is 2.48. The van der Waals surface area contributed by atoms with Crippen molar-refractivity contribution >= 4 is 0 Å². The molecule has 0 bridgehead atoms. The molecule has 0 saturated heterocycles. The van der Waals surface area contributed by atoms with Crippen LogP contribution in [0.1, 0.15) is 18.9 Å². The lowest BCUT2D eigenvalue weighted by atomic mass is 10.3. The van der Waals surface area contributed by atoms with Gasteiger partial charge in [-0.25, -0.2) is 0 Å². The van der Waals surface area contributed by atoms with Crippen LogP contribution in [0.25, 0.3) is 0 Å². The van der Waals surface area contributed by atoms with Gasteiger partial charge in [-0.3, -0.25) is 4.68 Å². The number of hydrogen-bond acceptors (Lipinski definition) is 3. The molecule has 0 fully saturated rings. The number of nitrogens with zero attached hydrogens (tertiary/aromatic N) is 3. The SMILES string of the molecule is C[C@H](O)CCn1cc(C#N)cn1. The molecule has 1 atom stereocenters. The molecule has 1 aromatic rings. The summed E-state index contributed by atoms with van der Waals surface area (Å²) in [7, 11) is 0. The normalized spacial score (nSPS) is 12.4. The van der Waals surface area contributed by atoms with Gasteiger partial charge in [0.2, 0.25) is 0 Å². The van der Waals surface area contributed by atoms with Crippen molar-refractivity contribution in [3.63, 3.8) is 0 Å². The maximum absolute atomic E-state index is 8.97. The Morgan fingerprint density at radius 1 is 1.83 bits per heavy atom. The van der Waals surface area contributed by atoms with Crippen molar-refractivity contribution in [3.8, 4) is 6.07 Å². The van der Waals surface area contributed by atoms with E-state index in [9.17, 15) is 0 Å². The monoisotopic (exact) mass is 165 g/mol. The Labute approximate surface area is 71.1 Å². The fourth-order valence-electron chi connectivity index (χ4n) is 0.863. The van der Waals surface area contributed by atoms with Gasteiger partial charge < -0.3 is 5.11 Å². The Morgan fingerprint density at radius 2 is 2.58 bits per heavy atom. The largest absolute Gasteiger partial charge is 0.393 e. The van der Waals surface area contributed by atoms with Gasteiger partial charge in [-0.15, -0.1) is 0 Å². The van der Waals surface area contributed by atoms with Crippen molar-refractivity contribution in [2.24, 2.45) is 0 Å². The second-order valence-electron chi connectivity index (χ2n) is 2.74. The van der Waals surface area contributed by atoms with E-state index in [-0.39, 0.29) is 6.10 Å². The standard InChI is InChI=1S/C8H11N3O/c1-7(12)2-3-11-6-8(4-9)5-10-11/h5-7,12H,2-3H2,1H3/t7-/m0/s1. The lowest BCUT2D eigenvalue weighted by Gasteiger charge is -2.02. The minimum Gasteiger partial charge on any atom is -0.393 e. The fraction of sp³-hybridized carbons (Fsp3) is 0.500. The summed E-state index contributed by atoms with van der Waals surface area (Å²) in [6, 6.07) is 1.99. The summed E-state index contributed by atoms with van der Waals surface area (Å²) in [5.41, 5.74) is 0.556. The molecule has 4 nitrogen and oxygen atoms in total. The van der Waals surface area contributed by atoms with Crippen LogP contribution in [-0.4, -0.2) is 21.0 Å². The quantitative estimate of drug-likeness (QED) is 0.710. The predicted molar refractivity (Wildman–Crippen MR) is 43.2 cm³/mol. The highest BCUT2D eigenvalue weighted by Crippen LogP contribution is 1.98. The number of aryl methyl sites for hydroxylation is 1. The molecular formula is C8H11N3O. The maximum atomic E-state index is 8.97. The van der Waals surface area contributed by atoms with Crippen molar-refractivity contribution in [2.45, 2.75) is 26.0 Å². The molecule has 1 N–H and O–H groups in total. The van der Waals surface area contributed by atoms with E-state index >= 15 is 0 Å². The van der Waals surface area contributed by atoms with Crippen LogP contribution in [0.5, 0.6) is 0 Å². The van der Waals surface area contributed by atoms with Crippen LogP contribution in [0.15, 0.2) is 12.4 Å². The van der Waals surface area contributed by atoms with Crippen molar-refractivity contribution in [3.05, 3.63) is 18.0 Å². The third-order valence-electron chi connectivity index (χ3n) is 1.54. The van der Waals surface area contributed by atoms with Crippen molar-refractivity contribution < 1.29 is 5.11 Å². The Kier molecular flexibility index (Phi) is 2.83. The molecule has 1 rings (SSSR count). The summed E-state index contributed by atoms with van der Waals surface area (Å²) in [5, 5.41) is 21.4. The zero-order valence-corrected chi connectivity index (χ0v) is 6.94. The van der Waals surface area contributed by atoms with E-state index in [4.69, 9.17) is 10.4 Å². The fourth-order valence-corrected chi connectivity index (χ4v) is 0.863. The highest BCUT2D eigenvalue weighted by atomic mass is 16.3. The van der Waals surface area contributed by atoms with Crippen LogP contribution in [0.2, 0.25) is 0 Å². The summed E-state index contributed by atoms with van der Waals surface area (Å²) in [6.45, 7) is 2.38. The van der Waals surface area contributed by atoms with Gasteiger partial charge in [0.05, 0.1) is 17.9 Å². The molecular weight excluding hydrogens is 154 g/mol. The third-order valence-corrected chi connectivity index (χ3v) is 1.54. The Bertz CT molecular complexity index is 285. The van der Waals surface area contributed by atoms with Crippen LogP contribution < -0.4 is 0 Å². The van der Waals surface area contributed by atoms with Gasteiger partial charge in [-0.2, -0.15) is 10.4 Å².